The fourth-order valence-corrected chi connectivity index (χ4v) is 2.25. The number of aryl methyl sites for hydroxylation is 1. The smallest absolute Gasteiger partial charge is 0.244 e. The maximum Gasteiger partial charge on any atom is 0.244 e. The number of carbonyl (C=O) groups excluding carboxylic acids is 2. The minimum Gasteiger partial charge on any atom is -0.322 e. The van der Waals surface area contributed by atoms with Crippen LogP contribution in [0.25, 0.3) is 0 Å². The zero-order chi connectivity index (χ0) is 18.6. The molecular formula is C18H17F3N2O2. The van der Waals surface area contributed by atoms with E-state index in [0.717, 1.165) is 18.1 Å². The van der Waals surface area contributed by atoms with Crippen LogP contribution in [0.2, 0.25) is 0 Å². The zero-order valence-corrected chi connectivity index (χ0v) is 13.8. The average Bonchev–Trinajstić information content (AvgIpc) is 2.60. The number of rotatable bonds is 5. The van der Waals surface area contributed by atoms with E-state index in [4.69, 9.17) is 0 Å². The van der Waals surface area contributed by atoms with Crippen molar-refractivity contribution in [1.82, 2.24) is 0 Å². The molecule has 2 amide bonds. The van der Waals surface area contributed by atoms with E-state index in [2.05, 4.69) is 5.32 Å². The number of anilines is 2. The van der Waals surface area contributed by atoms with Crippen molar-refractivity contribution in [1.29, 1.82) is 0 Å². The highest BCUT2D eigenvalue weighted by Crippen LogP contribution is 2.20. The molecule has 2 rings (SSSR count). The van der Waals surface area contributed by atoms with Crippen LogP contribution in [0, 0.1) is 17.5 Å². The summed E-state index contributed by atoms with van der Waals surface area (Å²) in [5.41, 5.74) is 1.08. The third-order valence-corrected chi connectivity index (χ3v) is 3.65. The van der Waals surface area contributed by atoms with E-state index in [1.165, 1.54) is 11.8 Å². The number of nitrogens with zero attached hydrogens (tertiary/aromatic N) is 1. The molecule has 2 aromatic carbocycles. The molecule has 0 radical (unpaired) electrons. The van der Waals surface area contributed by atoms with E-state index < -0.39 is 29.0 Å². The van der Waals surface area contributed by atoms with Crippen molar-refractivity contribution in [3.8, 4) is 0 Å². The second-order valence-electron chi connectivity index (χ2n) is 5.40. The summed E-state index contributed by atoms with van der Waals surface area (Å²) in [6.45, 7) is 2.89. The van der Waals surface area contributed by atoms with Crippen LogP contribution in [0.3, 0.4) is 0 Å². The normalized spacial score (nSPS) is 10.4. The summed E-state index contributed by atoms with van der Waals surface area (Å²) in [5, 5.41) is 2.14. The van der Waals surface area contributed by atoms with Crippen molar-refractivity contribution in [2.45, 2.75) is 20.3 Å². The van der Waals surface area contributed by atoms with Gasteiger partial charge >= 0.3 is 0 Å². The molecule has 0 heterocycles. The summed E-state index contributed by atoms with van der Waals surface area (Å²) >= 11 is 0. The van der Waals surface area contributed by atoms with E-state index in [9.17, 15) is 22.8 Å². The van der Waals surface area contributed by atoms with Crippen molar-refractivity contribution in [3.63, 3.8) is 0 Å². The van der Waals surface area contributed by atoms with E-state index in [1.807, 2.05) is 19.1 Å². The average molecular weight is 350 g/mol. The number of hydrogen-bond donors (Lipinski definition) is 1. The third-order valence-electron chi connectivity index (χ3n) is 3.65. The van der Waals surface area contributed by atoms with Gasteiger partial charge in [-0.2, -0.15) is 0 Å². The van der Waals surface area contributed by atoms with Gasteiger partial charge in [0.15, 0.2) is 17.5 Å². The van der Waals surface area contributed by atoms with Gasteiger partial charge in [0.25, 0.3) is 0 Å². The Morgan fingerprint density at radius 2 is 1.64 bits per heavy atom. The van der Waals surface area contributed by atoms with Crippen LogP contribution < -0.4 is 10.2 Å². The lowest BCUT2D eigenvalue weighted by Gasteiger charge is -2.21. The Hall–Kier alpha value is -2.83. The van der Waals surface area contributed by atoms with Crippen molar-refractivity contribution in [3.05, 3.63) is 59.4 Å². The van der Waals surface area contributed by atoms with Crippen LogP contribution in [0.5, 0.6) is 0 Å². The Morgan fingerprint density at radius 3 is 2.20 bits per heavy atom. The molecule has 0 bridgehead atoms. The predicted molar refractivity (Wildman–Crippen MR) is 88.8 cm³/mol. The summed E-state index contributed by atoms with van der Waals surface area (Å²) in [4.78, 5) is 25.1. The van der Waals surface area contributed by atoms with Gasteiger partial charge in [-0.1, -0.05) is 19.1 Å². The molecule has 25 heavy (non-hydrogen) atoms. The van der Waals surface area contributed by atoms with Gasteiger partial charge in [-0.25, -0.2) is 13.2 Å². The first-order valence-corrected chi connectivity index (χ1v) is 7.63. The fourth-order valence-electron chi connectivity index (χ4n) is 2.25. The Labute approximate surface area is 143 Å². The molecule has 0 atom stereocenters. The van der Waals surface area contributed by atoms with E-state index in [0.29, 0.717) is 11.8 Å². The van der Waals surface area contributed by atoms with Gasteiger partial charge in [-0.15, -0.1) is 0 Å². The molecular weight excluding hydrogens is 333 g/mol. The van der Waals surface area contributed by atoms with Crippen LogP contribution in [-0.2, 0) is 16.0 Å². The Kier molecular flexibility index (Phi) is 5.80. The number of carbonyl (C=O) groups is 2. The summed E-state index contributed by atoms with van der Waals surface area (Å²) in [6.07, 6.45) is 0.830. The van der Waals surface area contributed by atoms with Crippen LogP contribution in [0.15, 0.2) is 36.4 Å². The summed E-state index contributed by atoms with van der Waals surface area (Å²) in [7, 11) is 0. The molecule has 132 valence electrons. The molecule has 0 saturated heterocycles. The molecule has 7 heteroatoms. The fraction of sp³-hybridized carbons (Fsp3) is 0.222. The highest BCUT2D eigenvalue weighted by Gasteiger charge is 2.19. The molecule has 0 saturated carbocycles. The molecule has 0 aliphatic rings. The van der Waals surface area contributed by atoms with Crippen molar-refractivity contribution < 1.29 is 22.8 Å². The topological polar surface area (TPSA) is 49.4 Å². The molecule has 1 N–H and O–H groups in total. The Morgan fingerprint density at radius 1 is 1.00 bits per heavy atom. The molecule has 2 aromatic rings. The van der Waals surface area contributed by atoms with Crippen LogP contribution in [-0.4, -0.2) is 18.4 Å². The lowest BCUT2D eigenvalue weighted by molar-refractivity contribution is -0.120. The van der Waals surface area contributed by atoms with Gasteiger partial charge in [0, 0.05) is 12.6 Å². The second kappa shape index (κ2) is 7.83. The summed E-state index contributed by atoms with van der Waals surface area (Å²) < 4.78 is 39.7. The molecule has 4 nitrogen and oxygen atoms in total. The Balaban J connectivity index is 2.15. The number of benzene rings is 2. The van der Waals surface area contributed by atoms with E-state index in [1.54, 1.807) is 12.1 Å². The summed E-state index contributed by atoms with van der Waals surface area (Å²) in [6, 6.07) is 8.69. The van der Waals surface area contributed by atoms with Crippen LogP contribution >= 0.6 is 0 Å². The monoisotopic (exact) mass is 350 g/mol. The highest BCUT2D eigenvalue weighted by molar-refractivity contribution is 6.01. The van der Waals surface area contributed by atoms with Gasteiger partial charge < -0.3 is 10.2 Å². The molecule has 0 spiro atoms. The first kappa shape index (κ1) is 18.5. The molecule has 0 aliphatic heterocycles. The predicted octanol–water partition coefficient (Wildman–Crippen LogP) is 3.66. The van der Waals surface area contributed by atoms with Crippen LogP contribution in [0.4, 0.5) is 24.5 Å². The van der Waals surface area contributed by atoms with Gasteiger partial charge in [0.2, 0.25) is 11.8 Å². The maximum absolute atomic E-state index is 13.6. The first-order chi connectivity index (χ1) is 11.8. The minimum absolute atomic E-state index is 0.384. The third kappa shape index (κ3) is 4.37. The Bertz CT molecular complexity index is 792. The van der Waals surface area contributed by atoms with E-state index in [-0.39, 0.29) is 12.5 Å². The van der Waals surface area contributed by atoms with Gasteiger partial charge in [-0.05, 0) is 36.2 Å². The molecule has 0 aromatic heterocycles. The molecule has 0 fully saturated rings. The maximum atomic E-state index is 13.6. The highest BCUT2D eigenvalue weighted by atomic mass is 19.2. The van der Waals surface area contributed by atoms with Gasteiger partial charge in [-0.3, -0.25) is 9.59 Å². The summed E-state index contributed by atoms with van der Waals surface area (Å²) in [5.74, 6) is -5.63. The number of amides is 2. The second-order valence-corrected chi connectivity index (χ2v) is 5.40. The zero-order valence-electron chi connectivity index (χ0n) is 13.8. The SMILES string of the molecule is CCc1ccc(N(CC(=O)Nc2ccc(F)c(F)c2F)C(C)=O)cc1. The van der Waals surface area contributed by atoms with Crippen molar-refractivity contribution in [2.75, 3.05) is 16.8 Å². The number of halogens is 3. The first-order valence-electron chi connectivity index (χ1n) is 7.63. The number of nitrogens with one attached hydrogen (secondary N) is 1. The van der Waals surface area contributed by atoms with Crippen LogP contribution in [0.1, 0.15) is 19.4 Å². The minimum atomic E-state index is -1.67. The van der Waals surface area contributed by atoms with E-state index >= 15 is 0 Å². The van der Waals surface area contributed by atoms with Gasteiger partial charge in [0.05, 0.1) is 5.69 Å². The lowest BCUT2D eigenvalue weighted by Crippen LogP contribution is -2.36. The largest absolute Gasteiger partial charge is 0.322 e. The van der Waals surface area contributed by atoms with Crippen molar-refractivity contribution >= 4 is 23.2 Å². The standard InChI is InChI=1S/C18H17F3N2O2/c1-3-12-4-6-13(7-5-12)23(11(2)24)10-16(25)22-15-9-8-14(19)17(20)18(15)21/h4-9H,3,10H2,1-2H3,(H,22,25). The molecule has 0 aliphatic carbocycles. The quantitative estimate of drug-likeness (QED) is 0.837. The number of hydrogen-bond acceptors (Lipinski definition) is 2. The van der Waals surface area contributed by atoms with Gasteiger partial charge in [0.1, 0.15) is 6.54 Å². The lowest BCUT2D eigenvalue weighted by atomic mass is 10.1. The van der Waals surface area contributed by atoms with Crippen molar-refractivity contribution in [2.24, 2.45) is 0 Å². The molecule has 0 unspecified atom stereocenters.